The lowest BCUT2D eigenvalue weighted by atomic mass is 9.81. The molecule has 1 aliphatic carbocycles. The van der Waals surface area contributed by atoms with Crippen molar-refractivity contribution in [2.24, 2.45) is 17.6 Å². The molecule has 12 nitrogen and oxygen atoms in total. The predicted molar refractivity (Wildman–Crippen MR) is 178 cm³/mol. The van der Waals surface area contributed by atoms with Gasteiger partial charge in [0, 0.05) is 36.0 Å². The Hall–Kier alpha value is -4.68. The van der Waals surface area contributed by atoms with E-state index in [1.165, 1.54) is 4.90 Å². The number of rotatable bonds is 9. The summed E-state index contributed by atoms with van der Waals surface area (Å²) in [6.45, 7) is 5.92. The highest BCUT2D eigenvalue weighted by molar-refractivity contribution is 6.30. The number of amides is 3. The van der Waals surface area contributed by atoms with Gasteiger partial charge in [0.1, 0.15) is 5.60 Å². The van der Waals surface area contributed by atoms with Gasteiger partial charge in [0.15, 0.2) is 0 Å². The maximum atomic E-state index is 14.1. The smallest absolute Gasteiger partial charge is 0.407 e. The average molecular weight is 659 g/mol. The third-order valence-electron chi connectivity index (χ3n) is 8.06. The Morgan fingerprint density at radius 1 is 1.00 bits per heavy atom. The normalized spacial score (nSPS) is 17.0. The first-order valence-electron chi connectivity index (χ1n) is 15.6. The standard InChI is InChI=1S/C34H39ClN8O4/c1-34(2,3)47-33(46)38-18-22-6-10-25(11-7-22)31(44)43(28-14-12-24(13-15-28)30-39-41-42-40-30)32(45)29(36)16-21-4-8-23(9-5-21)26-17-27(35)20-37-19-26/h4-5,8-9,12-15,17,19-20,22,25,29H,6-7,10-11,16,18,36H2,1-3H3,(H,38,46)(H,39,40,41,42)/t22-,25-,29-/m0/s1. The van der Waals surface area contributed by atoms with Crippen LogP contribution in [0.15, 0.2) is 67.0 Å². The number of carbonyl (C=O) groups is 3. The molecule has 0 aliphatic heterocycles. The number of alkyl carbamates (subject to hydrolysis) is 1. The molecule has 1 atom stereocenters. The molecule has 1 saturated carbocycles. The lowest BCUT2D eigenvalue weighted by Gasteiger charge is -2.32. The van der Waals surface area contributed by atoms with E-state index >= 15 is 0 Å². The van der Waals surface area contributed by atoms with Crippen molar-refractivity contribution in [1.29, 1.82) is 0 Å². The molecule has 246 valence electrons. The lowest BCUT2D eigenvalue weighted by Crippen LogP contribution is -2.50. The van der Waals surface area contributed by atoms with Crippen LogP contribution in [0.3, 0.4) is 0 Å². The number of anilines is 1. The molecule has 5 rings (SSSR count). The number of nitrogens with two attached hydrogens (primary N) is 1. The average Bonchev–Trinajstić information content (AvgIpc) is 3.59. The van der Waals surface area contributed by atoms with Crippen LogP contribution >= 0.6 is 11.6 Å². The molecule has 1 fully saturated rings. The molecule has 47 heavy (non-hydrogen) atoms. The highest BCUT2D eigenvalue weighted by Crippen LogP contribution is 2.32. The molecular weight excluding hydrogens is 620 g/mol. The van der Waals surface area contributed by atoms with Crippen molar-refractivity contribution in [2.45, 2.75) is 64.5 Å². The number of ether oxygens (including phenoxy) is 1. The number of halogens is 1. The zero-order valence-electron chi connectivity index (χ0n) is 26.6. The second-order valence-electron chi connectivity index (χ2n) is 12.8. The van der Waals surface area contributed by atoms with Crippen LogP contribution in [-0.2, 0) is 20.7 Å². The van der Waals surface area contributed by atoms with Gasteiger partial charge in [0.25, 0.3) is 5.91 Å². The fourth-order valence-electron chi connectivity index (χ4n) is 5.65. The summed E-state index contributed by atoms with van der Waals surface area (Å²) in [5, 5.41) is 17.4. The number of hydrogen-bond acceptors (Lipinski definition) is 9. The molecule has 2 aromatic heterocycles. The molecule has 13 heteroatoms. The number of aromatic amines is 1. The van der Waals surface area contributed by atoms with Gasteiger partial charge in [-0.05, 0) is 105 Å². The summed E-state index contributed by atoms with van der Waals surface area (Å²) >= 11 is 6.10. The minimum Gasteiger partial charge on any atom is -0.444 e. The van der Waals surface area contributed by atoms with E-state index in [0.29, 0.717) is 41.5 Å². The molecule has 1 aliphatic rings. The molecule has 2 aromatic carbocycles. The van der Waals surface area contributed by atoms with Gasteiger partial charge < -0.3 is 15.8 Å². The highest BCUT2D eigenvalue weighted by Gasteiger charge is 2.35. The summed E-state index contributed by atoms with van der Waals surface area (Å²) in [4.78, 5) is 45.5. The number of nitrogens with zero attached hydrogens (tertiary/aromatic N) is 5. The van der Waals surface area contributed by atoms with E-state index in [4.69, 9.17) is 22.1 Å². The summed E-state index contributed by atoms with van der Waals surface area (Å²) in [5.41, 5.74) is 9.68. The van der Waals surface area contributed by atoms with Gasteiger partial charge in [-0.3, -0.25) is 14.6 Å². The molecule has 4 N–H and O–H groups in total. The molecule has 0 unspecified atom stereocenters. The number of nitrogens with one attached hydrogen (secondary N) is 2. The third kappa shape index (κ3) is 8.99. The van der Waals surface area contributed by atoms with Crippen molar-refractivity contribution in [3.63, 3.8) is 0 Å². The Labute approximate surface area is 278 Å². The first-order valence-corrected chi connectivity index (χ1v) is 16.0. The molecule has 0 saturated heterocycles. The summed E-state index contributed by atoms with van der Waals surface area (Å²) in [6.07, 6.45) is 5.71. The minimum atomic E-state index is -0.969. The Balaban J connectivity index is 1.28. The number of hydrogen-bond donors (Lipinski definition) is 3. The first-order chi connectivity index (χ1) is 22.5. The molecule has 0 spiro atoms. The Bertz CT molecular complexity index is 1670. The molecule has 3 amide bonds. The quantitative estimate of drug-likeness (QED) is 0.215. The van der Waals surface area contributed by atoms with E-state index in [0.717, 1.165) is 29.5 Å². The summed E-state index contributed by atoms with van der Waals surface area (Å²) in [6, 6.07) is 15.4. The van der Waals surface area contributed by atoms with Gasteiger partial charge >= 0.3 is 6.09 Å². The molecule has 0 bridgehead atoms. The second-order valence-corrected chi connectivity index (χ2v) is 13.2. The summed E-state index contributed by atoms with van der Waals surface area (Å²) in [7, 11) is 0. The number of H-pyrrole nitrogens is 1. The van der Waals surface area contributed by atoms with E-state index in [2.05, 4.69) is 30.9 Å². The summed E-state index contributed by atoms with van der Waals surface area (Å²) < 4.78 is 5.34. The van der Waals surface area contributed by atoms with E-state index < -0.39 is 23.6 Å². The second kappa shape index (κ2) is 14.8. The van der Waals surface area contributed by atoms with Crippen LogP contribution in [0.1, 0.15) is 52.0 Å². The van der Waals surface area contributed by atoms with Gasteiger partial charge in [0.2, 0.25) is 11.7 Å². The third-order valence-corrected chi connectivity index (χ3v) is 8.27. The van der Waals surface area contributed by atoms with Gasteiger partial charge in [0.05, 0.1) is 16.8 Å². The molecular formula is C34H39ClN8O4. The highest BCUT2D eigenvalue weighted by atomic mass is 35.5. The van der Waals surface area contributed by atoms with Crippen molar-refractivity contribution in [3.8, 4) is 22.5 Å². The topological polar surface area (TPSA) is 169 Å². The van der Waals surface area contributed by atoms with Gasteiger partial charge in [-0.2, -0.15) is 5.21 Å². The number of tetrazole rings is 1. The van der Waals surface area contributed by atoms with Crippen molar-refractivity contribution in [3.05, 3.63) is 77.6 Å². The molecule has 2 heterocycles. The number of benzene rings is 2. The number of imide groups is 1. The number of pyridine rings is 1. The fraction of sp³-hybridized carbons (Fsp3) is 0.382. The SMILES string of the molecule is CC(C)(C)OC(=O)NC[C@H]1CC[C@H](C(=O)N(C(=O)[C@@H](N)Cc2ccc(-c3cncc(Cl)c3)cc2)c2ccc(-c3nn[nH]n3)cc2)CC1. The van der Waals surface area contributed by atoms with Crippen LogP contribution in [0.5, 0.6) is 0 Å². The van der Waals surface area contributed by atoms with Gasteiger partial charge in [-0.1, -0.05) is 35.9 Å². The monoisotopic (exact) mass is 658 g/mol. The van der Waals surface area contributed by atoms with Gasteiger partial charge in [-0.25, -0.2) is 9.69 Å². The number of carbonyl (C=O) groups excluding carboxylic acids is 3. The predicted octanol–water partition coefficient (Wildman–Crippen LogP) is 5.34. The molecule has 0 radical (unpaired) electrons. The van der Waals surface area contributed by atoms with E-state index in [-0.39, 0.29) is 24.2 Å². The van der Waals surface area contributed by atoms with E-state index in [9.17, 15) is 14.4 Å². The van der Waals surface area contributed by atoms with Crippen LogP contribution in [0, 0.1) is 11.8 Å². The van der Waals surface area contributed by atoms with Gasteiger partial charge in [-0.15, -0.1) is 10.2 Å². The lowest BCUT2D eigenvalue weighted by molar-refractivity contribution is -0.130. The fourth-order valence-corrected chi connectivity index (χ4v) is 5.83. The maximum Gasteiger partial charge on any atom is 0.407 e. The van der Waals surface area contributed by atoms with Crippen LogP contribution in [0.2, 0.25) is 5.02 Å². The number of aromatic nitrogens is 5. The van der Waals surface area contributed by atoms with E-state index in [1.54, 1.807) is 36.7 Å². The first kappa shape index (κ1) is 33.7. The Morgan fingerprint density at radius 2 is 1.68 bits per heavy atom. The van der Waals surface area contributed by atoms with Crippen LogP contribution < -0.4 is 16.0 Å². The summed E-state index contributed by atoms with van der Waals surface area (Å²) in [5.74, 6) is -0.545. The largest absolute Gasteiger partial charge is 0.444 e. The van der Waals surface area contributed by atoms with Crippen molar-refractivity contribution in [2.75, 3.05) is 11.4 Å². The van der Waals surface area contributed by atoms with E-state index in [1.807, 2.05) is 51.1 Å². The van der Waals surface area contributed by atoms with Crippen molar-refractivity contribution in [1.82, 2.24) is 30.9 Å². The van der Waals surface area contributed by atoms with Crippen molar-refractivity contribution >= 4 is 35.2 Å². The van der Waals surface area contributed by atoms with Crippen molar-refractivity contribution < 1.29 is 19.1 Å². The zero-order chi connectivity index (χ0) is 33.6. The Morgan fingerprint density at radius 3 is 2.30 bits per heavy atom. The minimum absolute atomic E-state index is 0.206. The Kier molecular flexibility index (Phi) is 10.6. The zero-order valence-corrected chi connectivity index (χ0v) is 27.4. The molecule has 4 aromatic rings. The van der Waals surface area contributed by atoms with Crippen LogP contribution in [-0.4, -0.2) is 61.7 Å². The van der Waals surface area contributed by atoms with Crippen LogP contribution in [0.4, 0.5) is 10.5 Å². The van der Waals surface area contributed by atoms with Crippen LogP contribution in [0.25, 0.3) is 22.5 Å². The maximum absolute atomic E-state index is 14.1.